The van der Waals surface area contributed by atoms with Gasteiger partial charge in [-0.1, -0.05) is 50.4 Å². The van der Waals surface area contributed by atoms with Crippen LogP contribution in [0.3, 0.4) is 0 Å². The Labute approximate surface area is 163 Å². The quantitative estimate of drug-likeness (QED) is 0.233. The maximum atomic E-state index is 3.22. The number of rotatable bonds is 0. The van der Waals surface area contributed by atoms with Gasteiger partial charge >= 0.3 is 25.8 Å². The van der Waals surface area contributed by atoms with Crippen molar-refractivity contribution in [3.05, 3.63) is 48.2 Å². The molecule has 110 valence electrons. The van der Waals surface area contributed by atoms with Crippen molar-refractivity contribution in [1.29, 1.82) is 0 Å². The van der Waals surface area contributed by atoms with E-state index in [9.17, 15) is 0 Å². The van der Waals surface area contributed by atoms with Crippen LogP contribution >= 0.6 is 0 Å². The molecular weight excluding hydrogens is 491 g/mol. The molecule has 0 fully saturated rings. The number of nitrogens with one attached hydrogen (secondary N) is 1. The Kier molecular flexibility index (Phi) is 9.49. The fraction of sp³-hybridized carbons (Fsp3) is 0.250. The topological polar surface area (TPSA) is 15.8 Å². The van der Waals surface area contributed by atoms with Crippen molar-refractivity contribution in [2.24, 2.45) is 0 Å². The standard InChI is InChI=1S/C16H16N.3ClH.Hf/c1-16(2,3)14-10-11-8-9-17-15(11)13-7-5-4-6-12(13)14;;;;/h4-8,10,17H,1-3H3;3*1H;/q-1;;;;+4/p-3. The Hall–Kier alpha value is -0.0199. The summed E-state index contributed by atoms with van der Waals surface area (Å²) in [6, 6.07) is 12.9. The van der Waals surface area contributed by atoms with E-state index in [4.69, 9.17) is 0 Å². The number of benzene rings is 2. The molecule has 0 spiro atoms. The van der Waals surface area contributed by atoms with Crippen LogP contribution in [0.1, 0.15) is 26.3 Å². The molecule has 3 aromatic rings. The largest absolute Gasteiger partial charge is 4.00 e. The van der Waals surface area contributed by atoms with E-state index in [-0.39, 0.29) is 68.5 Å². The van der Waals surface area contributed by atoms with E-state index in [1.807, 2.05) is 6.07 Å². The number of H-pyrrole nitrogens is 1. The van der Waals surface area contributed by atoms with Gasteiger partial charge in [0.15, 0.2) is 0 Å². The summed E-state index contributed by atoms with van der Waals surface area (Å²) >= 11 is 0. The molecule has 1 aromatic heterocycles. The van der Waals surface area contributed by atoms with Crippen molar-refractivity contribution in [1.82, 2.24) is 4.98 Å². The van der Waals surface area contributed by atoms with Gasteiger partial charge in [-0.2, -0.15) is 11.5 Å². The van der Waals surface area contributed by atoms with Crippen molar-refractivity contribution in [3.63, 3.8) is 0 Å². The molecule has 0 aliphatic rings. The van der Waals surface area contributed by atoms with Crippen LogP contribution in [0.2, 0.25) is 0 Å². The van der Waals surface area contributed by atoms with Gasteiger partial charge in [-0.3, -0.25) is 0 Å². The van der Waals surface area contributed by atoms with Gasteiger partial charge in [0.1, 0.15) is 0 Å². The van der Waals surface area contributed by atoms with Gasteiger partial charge in [-0.25, -0.2) is 0 Å². The molecule has 0 amide bonds. The number of fused-ring (bicyclic) bond motifs is 3. The second-order valence-electron chi connectivity index (χ2n) is 5.60. The van der Waals surface area contributed by atoms with Crippen LogP contribution in [0.15, 0.2) is 36.4 Å². The van der Waals surface area contributed by atoms with E-state index in [0.717, 1.165) is 0 Å². The van der Waals surface area contributed by atoms with Gasteiger partial charge < -0.3 is 42.2 Å². The number of aromatic nitrogens is 1. The SMILES string of the molecule is CC(C)(C)c1cc2c[c-][nH]c2c2ccccc12.[Cl-].[Cl-].[Cl-].[Hf+4]. The van der Waals surface area contributed by atoms with Crippen LogP contribution in [0.25, 0.3) is 21.7 Å². The number of hydrogen-bond acceptors (Lipinski definition) is 0. The van der Waals surface area contributed by atoms with E-state index >= 15 is 0 Å². The predicted octanol–water partition coefficient (Wildman–Crippen LogP) is -4.57. The summed E-state index contributed by atoms with van der Waals surface area (Å²) in [5.74, 6) is 0. The van der Waals surface area contributed by atoms with Crippen molar-refractivity contribution in [2.75, 3.05) is 0 Å². The smallest absolute Gasteiger partial charge is 1.00 e. The molecule has 1 N–H and O–H groups in total. The van der Waals surface area contributed by atoms with Crippen LogP contribution in [-0.4, -0.2) is 4.98 Å². The predicted molar refractivity (Wildman–Crippen MR) is 73.3 cm³/mol. The molecule has 1 heterocycles. The summed E-state index contributed by atoms with van der Waals surface area (Å²) in [6.45, 7) is 6.78. The van der Waals surface area contributed by atoms with Crippen LogP contribution < -0.4 is 37.2 Å². The molecule has 21 heavy (non-hydrogen) atoms. The summed E-state index contributed by atoms with van der Waals surface area (Å²) in [6.07, 6.45) is 3.08. The molecule has 1 nitrogen and oxygen atoms in total. The summed E-state index contributed by atoms with van der Waals surface area (Å²) in [5, 5.41) is 3.87. The zero-order valence-electron chi connectivity index (χ0n) is 12.1. The molecule has 0 atom stereocenters. The molecule has 0 bridgehead atoms. The Morgan fingerprint density at radius 2 is 1.52 bits per heavy atom. The fourth-order valence-corrected chi connectivity index (χ4v) is 2.46. The molecule has 0 aliphatic carbocycles. The van der Waals surface area contributed by atoms with Gasteiger partial charge in [-0.05, 0) is 16.4 Å². The molecule has 5 heteroatoms. The maximum absolute atomic E-state index is 3.22. The average molecular weight is 507 g/mol. The zero-order valence-corrected chi connectivity index (χ0v) is 18.0. The third-order valence-electron chi connectivity index (χ3n) is 3.31. The minimum atomic E-state index is 0. The summed E-state index contributed by atoms with van der Waals surface area (Å²) in [5.41, 5.74) is 2.74. The third-order valence-corrected chi connectivity index (χ3v) is 3.31. The van der Waals surface area contributed by atoms with E-state index < -0.39 is 0 Å². The number of aromatic amines is 1. The van der Waals surface area contributed by atoms with Crippen LogP contribution in [0.4, 0.5) is 0 Å². The van der Waals surface area contributed by atoms with Gasteiger partial charge in [-0.15, -0.1) is 17.8 Å². The average Bonchev–Trinajstić information content (AvgIpc) is 2.74. The van der Waals surface area contributed by atoms with E-state index in [1.54, 1.807) is 0 Å². The van der Waals surface area contributed by atoms with Crippen LogP contribution in [0, 0.1) is 6.20 Å². The Morgan fingerprint density at radius 1 is 0.952 bits per heavy atom. The normalized spacial score (nSPS) is 10.0. The monoisotopic (exact) mass is 507 g/mol. The van der Waals surface area contributed by atoms with Gasteiger partial charge in [0.05, 0.1) is 0 Å². The maximum Gasteiger partial charge on any atom is 4.00 e. The first-order valence-electron chi connectivity index (χ1n) is 5.98. The Bertz CT molecular complexity index is 701. The van der Waals surface area contributed by atoms with Crippen molar-refractivity contribution >= 4 is 21.7 Å². The van der Waals surface area contributed by atoms with E-state index in [0.29, 0.717) is 0 Å². The van der Waals surface area contributed by atoms with Crippen molar-refractivity contribution in [2.45, 2.75) is 26.2 Å². The molecule has 0 radical (unpaired) electrons. The molecule has 0 saturated carbocycles. The number of hydrogen-bond donors (Lipinski definition) is 1. The minimum absolute atomic E-state index is 0. The number of halogens is 3. The Balaban J connectivity index is 0. The molecule has 0 aliphatic heterocycles. The van der Waals surface area contributed by atoms with Crippen molar-refractivity contribution in [3.8, 4) is 0 Å². The second-order valence-corrected chi connectivity index (χ2v) is 5.60. The molecule has 3 rings (SSSR count). The molecule has 0 unspecified atom stereocenters. The fourth-order valence-electron chi connectivity index (χ4n) is 2.46. The van der Waals surface area contributed by atoms with Crippen LogP contribution in [0.5, 0.6) is 0 Å². The first-order valence-corrected chi connectivity index (χ1v) is 5.98. The first-order chi connectivity index (χ1) is 8.07. The van der Waals surface area contributed by atoms with Crippen LogP contribution in [-0.2, 0) is 31.3 Å². The summed E-state index contributed by atoms with van der Waals surface area (Å²) < 4.78 is 0. The molecular formula is C16H16Cl3HfN. The summed E-state index contributed by atoms with van der Waals surface area (Å²) in [7, 11) is 0. The van der Waals surface area contributed by atoms with Gasteiger partial charge in [0.25, 0.3) is 0 Å². The summed E-state index contributed by atoms with van der Waals surface area (Å²) in [4.78, 5) is 3.22. The Morgan fingerprint density at radius 3 is 2.10 bits per heavy atom. The minimum Gasteiger partial charge on any atom is -1.00 e. The zero-order chi connectivity index (χ0) is 12.0. The van der Waals surface area contributed by atoms with Crippen molar-refractivity contribution < 1.29 is 63.1 Å². The van der Waals surface area contributed by atoms with E-state index in [1.165, 1.54) is 27.2 Å². The third kappa shape index (κ3) is 4.25. The molecule has 0 saturated heterocycles. The van der Waals surface area contributed by atoms with E-state index in [2.05, 4.69) is 62.3 Å². The van der Waals surface area contributed by atoms with Gasteiger partial charge in [0.2, 0.25) is 0 Å². The second kappa shape index (κ2) is 8.57. The molecule has 2 aromatic carbocycles. The first kappa shape index (κ1) is 23.2. The van der Waals surface area contributed by atoms with Gasteiger partial charge in [0, 0.05) is 0 Å².